The normalized spacial score (nSPS) is 9.86. The summed E-state index contributed by atoms with van der Waals surface area (Å²) in [7, 11) is 7.05. The number of nitrogens with one attached hydrogen (secondary N) is 2. The van der Waals surface area contributed by atoms with Crippen LogP contribution in [0.2, 0.25) is 0 Å². The van der Waals surface area contributed by atoms with Gasteiger partial charge in [0.15, 0.2) is 17.4 Å². The third kappa shape index (κ3) is 8.86. The molecule has 230 valence electrons. The number of esters is 1. The SMILES string of the molecule is C.CC.CCOC(=O)c1cnc(Nc2cn(C)nc2C)nc1Nc1cccc(-c2ncn(C)n2)c1OC.Cn1cccn1. The molecule has 0 atom stereocenters. The van der Waals surface area contributed by atoms with Crippen molar-refractivity contribution in [2.45, 2.75) is 35.1 Å². The van der Waals surface area contributed by atoms with Crippen LogP contribution in [0.5, 0.6) is 5.75 Å². The number of hydrogen-bond donors (Lipinski definition) is 2. The summed E-state index contributed by atoms with van der Waals surface area (Å²) in [5.74, 6) is 0.996. The molecule has 0 fully saturated rings. The molecule has 4 aromatic heterocycles. The van der Waals surface area contributed by atoms with Crippen molar-refractivity contribution in [3.8, 4) is 17.1 Å². The fourth-order valence-electron chi connectivity index (χ4n) is 3.71. The first kappa shape index (κ1) is 33.9. The number of hydrogen-bond acceptors (Lipinski definition) is 11. The smallest absolute Gasteiger partial charge is 0.343 e. The number of aromatic nitrogens is 9. The van der Waals surface area contributed by atoms with E-state index in [1.807, 2.05) is 65.5 Å². The number of ether oxygens (including phenoxy) is 2. The third-order valence-electron chi connectivity index (χ3n) is 5.49. The van der Waals surface area contributed by atoms with Crippen LogP contribution in [-0.4, -0.2) is 64.0 Å². The van der Waals surface area contributed by atoms with Crippen LogP contribution in [0.3, 0.4) is 0 Å². The molecule has 4 heterocycles. The van der Waals surface area contributed by atoms with E-state index in [9.17, 15) is 4.79 Å². The van der Waals surface area contributed by atoms with Gasteiger partial charge < -0.3 is 20.1 Å². The lowest BCUT2D eigenvalue weighted by atomic mass is 10.1. The fraction of sp³-hybridized carbons (Fsp3) is 0.345. The van der Waals surface area contributed by atoms with Crippen molar-refractivity contribution in [3.05, 3.63) is 66.6 Å². The Morgan fingerprint density at radius 1 is 0.977 bits per heavy atom. The molecular formula is C29H41N11O3. The van der Waals surface area contributed by atoms with Crippen LogP contribution in [0.4, 0.5) is 23.1 Å². The zero-order valence-electron chi connectivity index (χ0n) is 25.2. The van der Waals surface area contributed by atoms with Crippen LogP contribution >= 0.6 is 0 Å². The average Bonchev–Trinajstić information content (AvgIpc) is 3.72. The highest BCUT2D eigenvalue weighted by Gasteiger charge is 2.20. The van der Waals surface area contributed by atoms with Gasteiger partial charge in [0.2, 0.25) is 5.95 Å². The monoisotopic (exact) mass is 591 g/mol. The molecule has 0 saturated heterocycles. The number of anilines is 4. The highest BCUT2D eigenvalue weighted by atomic mass is 16.5. The highest BCUT2D eigenvalue weighted by molar-refractivity contribution is 5.96. The Balaban J connectivity index is 0.000000630. The molecule has 1 aromatic carbocycles. The van der Waals surface area contributed by atoms with Gasteiger partial charge in [-0.3, -0.25) is 14.0 Å². The number of nitrogens with zero attached hydrogens (tertiary/aromatic N) is 9. The molecule has 0 aliphatic heterocycles. The number of para-hydroxylation sites is 1. The van der Waals surface area contributed by atoms with Crippen LogP contribution in [0.15, 0.2) is 55.4 Å². The van der Waals surface area contributed by atoms with E-state index in [1.54, 1.807) is 53.7 Å². The van der Waals surface area contributed by atoms with Crippen LogP contribution < -0.4 is 15.4 Å². The summed E-state index contributed by atoms with van der Waals surface area (Å²) in [5.41, 5.74) is 2.97. The number of carbonyl (C=O) groups is 1. The summed E-state index contributed by atoms with van der Waals surface area (Å²) in [6.45, 7) is 7.83. The van der Waals surface area contributed by atoms with Crippen molar-refractivity contribution in [1.29, 1.82) is 0 Å². The summed E-state index contributed by atoms with van der Waals surface area (Å²) >= 11 is 0. The van der Waals surface area contributed by atoms with Gasteiger partial charge in [-0.15, -0.1) is 0 Å². The molecule has 0 radical (unpaired) electrons. The molecule has 0 aliphatic rings. The second-order valence-corrected chi connectivity index (χ2v) is 8.54. The molecule has 5 rings (SSSR count). The van der Waals surface area contributed by atoms with Crippen molar-refractivity contribution in [2.24, 2.45) is 21.1 Å². The topological polar surface area (TPSA) is 152 Å². The predicted molar refractivity (Wildman–Crippen MR) is 167 cm³/mol. The third-order valence-corrected chi connectivity index (χ3v) is 5.49. The average molecular weight is 592 g/mol. The van der Waals surface area contributed by atoms with E-state index in [0.717, 1.165) is 11.4 Å². The van der Waals surface area contributed by atoms with E-state index in [0.29, 0.717) is 22.8 Å². The molecule has 0 aliphatic carbocycles. The first-order valence-electron chi connectivity index (χ1n) is 13.3. The fourth-order valence-corrected chi connectivity index (χ4v) is 3.71. The molecule has 14 nitrogen and oxygen atoms in total. The lowest BCUT2D eigenvalue weighted by Gasteiger charge is -2.16. The standard InChI is InChI=1S/C22H25N9O3.C4H6N2.C2H6.CH4/c1-6-34-21(32)15-10-23-22(26-17-11-30(3)28-13(17)2)27-20(15)25-16-9-7-8-14(18(16)33-5)19-24-12-31(4)29-19;1-6-4-2-3-5-6;1-2;/h7-12H,6H2,1-5H3,(H2,23,25,26,27);2-4H,1H3;1-2H3;1H4. The van der Waals surface area contributed by atoms with Gasteiger partial charge >= 0.3 is 5.97 Å². The number of aryl methyl sites for hydroxylation is 4. The van der Waals surface area contributed by atoms with Crippen LogP contribution in [-0.2, 0) is 25.9 Å². The Labute approximate surface area is 252 Å². The van der Waals surface area contributed by atoms with E-state index in [1.165, 1.54) is 6.20 Å². The Bertz CT molecular complexity index is 1580. The van der Waals surface area contributed by atoms with Crippen LogP contribution in [0.1, 0.15) is 44.2 Å². The summed E-state index contributed by atoms with van der Waals surface area (Å²) in [6, 6.07) is 7.38. The van der Waals surface area contributed by atoms with Crippen molar-refractivity contribution in [2.75, 3.05) is 24.4 Å². The Hall–Kier alpha value is -5.27. The molecule has 14 heteroatoms. The largest absolute Gasteiger partial charge is 0.494 e. The van der Waals surface area contributed by atoms with E-state index in [4.69, 9.17) is 9.47 Å². The molecule has 5 aromatic rings. The molecule has 2 N–H and O–H groups in total. The van der Waals surface area contributed by atoms with Gasteiger partial charge in [-0.05, 0) is 32.0 Å². The van der Waals surface area contributed by atoms with E-state index in [2.05, 4.69) is 40.9 Å². The van der Waals surface area contributed by atoms with Gasteiger partial charge in [-0.1, -0.05) is 27.3 Å². The molecule has 0 spiro atoms. The maximum Gasteiger partial charge on any atom is 0.343 e. The van der Waals surface area contributed by atoms with E-state index >= 15 is 0 Å². The van der Waals surface area contributed by atoms with Gasteiger partial charge in [-0.2, -0.15) is 20.3 Å². The summed E-state index contributed by atoms with van der Waals surface area (Å²) in [6.07, 6.45) is 8.48. The quantitative estimate of drug-likeness (QED) is 0.233. The minimum atomic E-state index is -0.546. The number of carbonyl (C=O) groups excluding carboxylic acids is 1. The van der Waals surface area contributed by atoms with Crippen LogP contribution in [0.25, 0.3) is 11.4 Å². The van der Waals surface area contributed by atoms with Crippen molar-refractivity contribution in [1.82, 2.24) is 44.3 Å². The van der Waals surface area contributed by atoms with Gasteiger partial charge in [0.05, 0.1) is 36.3 Å². The van der Waals surface area contributed by atoms with Gasteiger partial charge in [0, 0.05) is 45.9 Å². The number of methoxy groups -OCH3 is 1. The summed E-state index contributed by atoms with van der Waals surface area (Å²) < 4.78 is 15.9. The number of rotatable bonds is 8. The second kappa shape index (κ2) is 16.2. The zero-order chi connectivity index (χ0) is 30.6. The molecule has 0 bridgehead atoms. The highest BCUT2D eigenvalue weighted by Crippen LogP contribution is 2.36. The molecule has 0 saturated carbocycles. The minimum absolute atomic E-state index is 0. The maximum atomic E-state index is 12.6. The Kier molecular flexibility index (Phi) is 12.8. The zero-order valence-corrected chi connectivity index (χ0v) is 25.2. The lowest BCUT2D eigenvalue weighted by molar-refractivity contribution is 0.0526. The summed E-state index contributed by atoms with van der Waals surface area (Å²) in [4.78, 5) is 25.7. The Morgan fingerprint density at radius 3 is 2.28 bits per heavy atom. The maximum absolute atomic E-state index is 12.6. The minimum Gasteiger partial charge on any atom is -0.494 e. The molecule has 43 heavy (non-hydrogen) atoms. The molecule has 0 unspecified atom stereocenters. The predicted octanol–water partition coefficient (Wildman–Crippen LogP) is 5.07. The van der Waals surface area contributed by atoms with Crippen molar-refractivity contribution < 1.29 is 14.3 Å². The van der Waals surface area contributed by atoms with Gasteiger partial charge in [-0.25, -0.2) is 14.8 Å². The Morgan fingerprint density at radius 2 is 1.74 bits per heavy atom. The molecular weight excluding hydrogens is 550 g/mol. The van der Waals surface area contributed by atoms with Crippen molar-refractivity contribution in [3.63, 3.8) is 0 Å². The van der Waals surface area contributed by atoms with Crippen LogP contribution in [0, 0.1) is 6.92 Å². The first-order valence-corrected chi connectivity index (χ1v) is 13.3. The molecule has 0 amide bonds. The van der Waals surface area contributed by atoms with E-state index in [-0.39, 0.29) is 31.4 Å². The van der Waals surface area contributed by atoms with Gasteiger partial charge in [0.1, 0.15) is 11.9 Å². The van der Waals surface area contributed by atoms with E-state index < -0.39 is 5.97 Å². The summed E-state index contributed by atoms with van der Waals surface area (Å²) in [5, 5.41) is 18.8. The lowest BCUT2D eigenvalue weighted by Crippen LogP contribution is -2.12. The first-order chi connectivity index (χ1) is 20.3. The second-order valence-electron chi connectivity index (χ2n) is 8.54. The van der Waals surface area contributed by atoms with Crippen molar-refractivity contribution >= 4 is 29.1 Å². The number of benzene rings is 1. The van der Waals surface area contributed by atoms with Gasteiger partial charge in [0.25, 0.3) is 0 Å².